The maximum absolute atomic E-state index is 13.0. The lowest BCUT2D eigenvalue weighted by Crippen LogP contribution is -2.71. The summed E-state index contributed by atoms with van der Waals surface area (Å²) in [5.41, 5.74) is 0.0191. The molecule has 4 heterocycles. The van der Waals surface area contributed by atoms with Gasteiger partial charge in [0.1, 0.15) is 23.7 Å². The topological polar surface area (TPSA) is 208 Å². The first kappa shape index (κ1) is 26.7. The number of hydrogen-bond acceptors (Lipinski definition) is 10. The van der Waals surface area contributed by atoms with E-state index in [1.165, 1.54) is 11.8 Å². The Labute approximate surface area is 217 Å². The fourth-order valence-corrected chi connectivity index (χ4v) is 6.16. The van der Waals surface area contributed by atoms with Crippen molar-refractivity contribution in [2.75, 3.05) is 17.4 Å². The molecule has 2 amide bonds. The van der Waals surface area contributed by atoms with Crippen LogP contribution in [0.25, 0.3) is 0 Å². The minimum atomic E-state index is -4.65. The lowest BCUT2D eigenvalue weighted by atomic mass is 10.0. The Balaban J connectivity index is 1.52. The first-order valence-corrected chi connectivity index (χ1v) is 14.0. The number of β-lactam (4-membered cyclic amide) rings is 1. The van der Waals surface area contributed by atoms with Crippen LogP contribution in [0.4, 0.5) is 5.13 Å². The molecule has 0 spiro atoms. The Morgan fingerprint density at radius 2 is 2.05 bits per heavy atom. The summed E-state index contributed by atoms with van der Waals surface area (Å²) in [4.78, 5) is 66.1. The number of nitrogens with one attached hydrogen (secondary N) is 2. The summed E-state index contributed by atoms with van der Waals surface area (Å²) < 4.78 is 16.8. The van der Waals surface area contributed by atoms with Gasteiger partial charge in [-0.2, -0.15) is 9.36 Å². The van der Waals surface area contributed by atoms with Gasteiger partial charge in [-0.05, 0) is 6.92 Å². The number of aliphatic carboxylic acids is 1. The van der Waals surface area contributed by atoms with Crippen LogP contribution in [0.3, 0.4) is 0 Å². The van der Waals surface area contributed by atoms with E-state index in [1.54, 1.807) is 23.9 Å². The van der Waals surface area contributed by atoms with Gasteiger partial charge in [-0.3, -0.25) is 19.6 Å². The quantitative estimate of drug-likeness (QED) is 0.0806. The van der Waals surface area contributed by atoms with E-state index in [4.69, 9.17) is 14.6 Å². The van der Waals surface area contributed by atoms with Gasteiger partial charge in [0.05, 0.1) is 0 Å². The van der Waals surface area contributed by atoms with Crippen molar-refractivity contribution in [3.63, 3.8) is 0 Å². The minimum Gasteiger partial charge on any atom is -0.477 e. The normalized spacial score (nSPS) is 19.7. The summed E-state index contributed by atoms with van der Waals surface area (Å²) in [5.74, 6) is -2.68. The van der Waals surface area contributed by atoms with E-state index in [1.807, 2.05) is 23.3 Å². The highest BCUT2D eigenvalue weighted by atomic mass is 32.2. The van der Waals surface area contributed by atoms with Crippen LogP contribution in [0.15, 0.2) is 47.0 Å². The summed E-state index contributed by atoms with van der Waals surface area (Å²) in [6.07, 6.45) is 3.58. The zero-order valence-corrected chi connectivity index (χ0v) is 21.6. The zero-order valence-electron chi connectivity index (χ0n) is 19.0. The lowest BCUT2D eigenvalue weighted by Gasteiger charge is -2.49. The van der Waals surface area contributed by atoms with E-state index in [0.29, 0.717) is 22.9 Å². The van der Waals surface area contributed by atoms with Gasteiger partial charge in [0.15, 0.2) is 18.9 Å². The van der Waals surface area contributed by atoms with Crippen LogP contribution in [0, 0.1) is 0 Å². The number of amides is 2. The van der Waals surface area contributed by atoms with E-state index < -0.39 is 42.7 Å². The number of carboxylic acid groups (broad SMARTS) is 1. The predicted molar refractivity (Wildman–Crippen MR) is 130 cm³/mol. The molecule has 0 radical (unpaired) electrons. The SMILES string of the molecule is CCON=C(C(=O)NC1C(=O)N2C(C(=O)O)=C(C[n+]3ccccc3)CS[C@H]12)c1nsc(NP(=O)(O)O)n1. The smallest absolute Gasteiger partial charge is 0.429 e. The van der Waals surface area contributed by atoms with Crippen molar-refractivity contribution in [3.05, 3.63) is 47.7 Å². The van der Waals surface area contributed by atoms with Gasteiger partial charge >= 0.3 is 13.7 Å². The molecule has 2 aliphatic rings. The second-order valence-corrected chi connectivity index (χ2v) is 10.8. The van der Waals surface area contributed by atoms with Gasteiger partial charge in [0, 0.05) is 35.0 Å². The molecule has 4 rings (SSSR count). The molecule has 1 fully saturated rings. The number of carboxylic acids is 1. The van der Waals surface area contributed by atoms with Crippen molar-refractivity contribution < 1.29 is 43.2 Å². The molecule has 37 heavy (non-hydrogen) atoms. The summed E-state index contributed by atoms with van der Waals surface area (Å²) in [5, 5.41) is 17.0. The number of rotatable bonds is 10. The van der Waals surface area contributed by atoms with Crippen molar-refractivity contribution in [2.24, 2.45) is 5.16 Å². The Kier molecular flexibility index (Phi) is 7.89. The number of carbonyl (C=O) groups is 3. The Morgan fingerprint density at radius 3 is 2.70 bits per heavy atom. The minimum absolute atomic E-state index is 0.0953. The molecule has 196 valence electrons. The molecule has 5 N–H and O–H groups in total. The molecular weight excluding hydrogens is 549 g/mol. The van der Waals surface area contributed by atoms with E-state index >= 15 is 0 Å². The highest BCUT2D eigenvalue weighted by molar-refractivity contribution is 8.00. The molecule has 0 bridgehead atoms. The van der Waals surface area contributed by atoms with Gasteiger partial charge < -0.3 is 25.0 Å². The first-order chi connectivity index (χ1) is 17.6. The Morgan fingerprint density at radius 1 is 1.32 bits per heavy atom. The second kappa shape index (κ2) is 10.9. The molecule has 2 atom stereocenters. The number of nitrogens with zero attached hydrogens (tertiary/aromatic N) is 5. The van der Waals surface area contributed by atoms with Crippen LogP contribution < -0.4 is 15.0 Å². The number of carbonyl (C=O) groups excluding carboxylic acids is 2. The standard InChI is InChI=1S/C19H20N7O8PS2/c1-2-34-22-11(14-21-19(37-24-14)23-35(31,32)33)15(27)20-12-16(28)26-13(18(29)30)10(9-36-17(12)26)8-25-6-4-3-5-7-25/h3-7,12,17H,2,8-9H2,1H3,(H4-,20,21,23,24,27,29,30,31,32,33)/p+1/t12?,17-/m1/s1. The average Bonchev–Trinajstić information content (AvgIpc) is 3.29. The largest absolute Gasteiger partial charge is 0.477 e. The van der Waals surface area contributed by atoms with Crippen molar-refractivity contribution in [3.8, 4) is 0 Å². The van der Waals surface area contributed by atoms with Crippen LogP contribution in [0.2, 0.25) is 0 Å². The summed E-state index contributed by atoms with van der Waals surface area (Å²) in [6, 6.07) is 4.41. The summed E-state index contributed by atoms with van der Waals surface area (Å²) >= 11 is 1.89. The monoisotopic (exact) mass is 570 g/mol. The van der Waals surface area contributed by atoms with Crippen LogP contribution in [0.5, 0.6) is 0 Å². The molecule has 18 heteroatoms. The molecule has 0 aliphatic carbocycles. The fourth-order valence-electron chi connectivity index (χ4n) is 3.58. The second-order valence-electron chi connectivity index (χ2n) is 7.60. The van der Waals surface area contributed by atoms with Crippen LogP contribution >= 0.6 is 31.0 Å². The number of pyridine rings is 1. The van der Waals surface area contributed by atoms with Crippen molar-refractivity contribution in [1.82, 2.24) is 19.6 Å². The van der Waals surface area contributed by atoms with E-state index in [0.717, 1.165) is 4.90 Å². The highest BCUT2D eigenvalue weighted by Gasteiger charge is 2.54. The summed E-state index contributed by atoms with van der Waals surface area (Å²) in [7, 11) is -4.65. The number of hydrogen-bond donors (Lipinski definition) is 5. The predicted octanol–water partition coefficient (Wildman–Crippen LogP) is -0.490. The van der Waals surface area contributed by atoms with Gasteiger partial charge in [0.25, 0.3) is 11.8 Å². The van der Waals surface area contributed by atoms with Crippen molar-refractivity contribution in [1.29, 1.82) is 0 Å². The molecule has 1 saturated heterocycles. The van der Waals surface area contributed by atoms with Crippen molar-refractivity contribution >= 4 is 59.7 Å². The van der Waals surface area contributed by atoms with Gasteiger partial charge in [-0.1, -0.05) is 11.2 Å². The van der Waals surface area contributed by atoms with Gasteiger partial charge in [0.2, 0.25) is 16.7 Å². The maximum Gasteiger partial charge on any atom is 0.429 e. The number of aromatic nitrogens is 3. The molecule has 15 nitrogen and oxygen atoms in total. The lowest BCUT2D eigenvalue weighted by molar-refractivity contribution is -0.689. The number of anilines is 1. The number of oxime groups is 1. The molecule has 0 aromatic carbocycles. The highest BCUT2D eigenvalue weighted by Crippen LogP contribution is 2.40. The Bertz CT molecular complexity index is 1330. The zero-order chi connectivity index (χ0) is 26.7. The Hall–Kier alpha value is -3.37. The maximum atomic E-state index is 13.0. The fraction of sp³-hybridized carbons (Fsp3) is 0.316. The van der Waals surface area contributed by atoms with E-state index in [-0.39, 0.29) is 29.8 Å². The molecule has 2 aliphatic heterocycles. The molecular formula is C19H21N7O8PS2+. The van der Waals surface area contributed by atoms with Crippen molar-refractivity contribution in [2.45, 2.75) is 24.9 Å². The van der Waals surface area contributed by atoms with Crippen LogP contribution in [-0.2, 0) is 30.3 Å². The summed E-state index contributed by atoms with van der Waals surface area (Å²) in [6.45, 7) is 2.00. The average molecular weight is 571 g/mol. The van der Waals surface area contributed by atoms with Crippen LogP contribution in [-0.4, -0.2) is 76.4 Å². The van der Waals surface area contributed by atoms with Crippen LogP contribution in [0.1, 0.15) is 12.7 Å². The molecule has 2 aromatic heterocycles. The van der Waals surface area contributed by atoms with E-state index in [2.05, 4.69) is 19.8 Å². The molecule has 0 saturated carbocycles. The molecule has 2 aromatic rings. The number of fused-ring (bicyclic) bond motifs is 1. The van der Waals surface area contributed by atoms with E-state index in [9.17, 15) is 24.1 Å². The first-order valence-electron chi connectivity index (χ1n) is 10.6. The molecule has 1 unspecified atom stereocenters. The third kappa shape index (κ3) is 5.97. The third-order valence-electron chi connectivity index (χ3n) is 5.07. The van der Waals surface area contributed by atoms with Gasteiger partial charge in [-0.15, -0.1) is 11.8 Å². The number of thioether (sulfide) groups is 1. The third-order valence-corrected chi connectivity index (χ3v) is 7.69. The van der Waals surface area contributed by atoms with Gasteiger partial charge in [-0.25, -0.2) is 13.9 Å².